The number of rotatable bonds is 6. The predicted molar refractivity (Wildman–Crippen MR) is 75.4 cm³/mol. The molecule has 0 atom stereocenters. The normalized spacial score (nSPS) is 10.3. The zero-order chi connectivity index (χ0) is 14.5. The smallest absolute Gasteiger partial charge is 0.337 e. The highest BCUT2D eigenvalue weighted by molar-refractivity contribution is 5.94. The second-order valence-electron chi connectivity index (χ2n) is 4.28. The number of hydrogen-bond donors (Lipinski definition) is 1. The van der Waals surface area contributed by atoms with Crippen LogP contribution >= 0.6 is 0 Å². The summed E-state index contributed by atoms with van der Waals surface area (Å²) in [4.78, 5) is 13.3. The maximum atomic E-state index is 11.4. The molecule has 0 bridgehead atoms. The molecule has 20 heavy (non-hydrogen) atoms. The summed E-state index contributed by atoms with van der Waals surface area (Å²) in [6.45, 7) is 3.14. The van der Waals surface area contributed by atoms with Crippen molar-refractivity contribution in [1.82, 2.24) is 0 Å². The molecule has 0 spiro atoms. The van der Waals surface area contributed by atoms with E-state index in [1.165, 1.54) is 0 Å². The first-order chi connectivity index (χ1) is 9.65. The van der Waals surface area contributed by atoms with Crippen LogP contribution in [0.15, 0.2) is 41.0 Å². The molecule has 0 radical (unpaired) electrons. The molecule has 1 aromatic heterocycles. The summed E-state index contributed by atoms with van der Waals surface area (Å²) >= 11 is 0. The van der Waals surface area contributed by atoms with Crippen molar-refractivity contribution >= 4 is 11.7 Å². The number of hydrogen-bond acceptors (Lipinski definition) is 4. The van der Waals surface area contributed by atoms with Gasteiger partial charge in [-0.15, -0.1) is 0 Å². The number of ether oxygens (including phenoxy) is 1. The first-order valence-electron chi connectivity index (χ1n) is 6.34. The molecule has 0 unspecified atom stereocenters. The van der Waals surface area contributed by atoms with Gasteiger partial charge < -0.3 is 19.2 Å². The molecule has 1 aromatic carbocycles. The molecule has 5 nitrogen and oxygen atoms in total. The van der Waals surface area contributed by atoms with Gasteiger partial charge in [-0.25, -0.2) is 4.79 Å². The Morgan fingerprint density at radius 3 is 2.75 bits per heavy atom. The molecule has 5 heteroatoms. The lowest BCUT2D eigenvalue weighted by Crippen LogP contribution is -2.24. The van der Waals surface area contributed by atoms with Crippen molar-refractivity contribution in [3.05, 3.63) is 47.9 Å². The second-order valence-corrected chi connectivity index (χ2v) is 4.28. The molecular weight excluding hydrogens is 258 g/mol. The van der Waals surface area contributed by atoms with Crippen molar-refractivity contribution in [3.8, 4) is 5.75 Å². The Bertz CT molecular complexity index is 578. The quantitative estimate of drug-likeness (QED) is 0.878. The maximum absolute atomic E-state index is 11.4. The second kappa shape index (κ2) is 6.14. The summed E-state index contributed by atoms with van der Waals surface area (Å²) in [5, 5.41) is 9.31. The van der Waals surface area contributed by atoms with Gasteiger partial charge in [-0.05, 0) is 31.2 Å². The standard InChI is InChI=1S/C15H17NO4/c1-3-16(10-12-5-4-8-20-12)14-9-11(19-2)6-7-13(14)15(17)18/h4-9H,3,10H2,1-2H3,(H,17,18). The first kappa shape index (κ1) is 14.0. The van der Waals surface area contributed by atoms with Gasteiger partial charge in [0.05, 0.1) is 31.2 Å². The number of methoxy groups -OCH3 is 1. The van der Waals surface area contributed by atoms with Gasteiger partial charge in [-0.1, -0.05) is 0 Å². The van der Waals surface area contributed by atoms with Crippen LogP contribution < -0.4 is 9.64 Å². The third-order valence-corrected chi connectivity index (χ3v) is 3.08. The number of furan rings is 1. The topological polar surface area (TPSA) is 62.9 Å². The van der Waals surface area contributed by atoms with Gasteiger partial charge in [0.25, 0.3) is 0 Å². The van der Waals surface area contributed by atoms with E-state index < -0.39 is 5.97 Å². The Hall–Kier alpha value is -2.43. The minimum Gasteiger partial charge on any atom is -0.497 e. The number of carboxylic acids is 1. The van der Waals surface area contributed by atoms with Crippen LogP contribution in [-0.4, -0.2) is 24.7 Å². The van der Waals surface area contributed by atoms with Crippen LogP contribution in [0.5, 0.6) is 5.75 Å². The van der Waals surface area contributed by atoms with Crippen LogP contribution in [0.3, 0.4) is 0 Å². The lowest BCUT2D eigenvalue weighted by molar-refractivity contribution is 0.0697. The van der Waals surface area contributed by atoms with Crippen molar-refractivity contribution in [3.63, 3.8) is 0 Å². The van der Waals surface area contributed by atoms with Crippen molar-refractivity contribution in [2.24, 2.45) is 0 Å². The van der Waals surface area contributed by atoms with Gasteiger partial charge in [0.1, 0.15) is 11.5 Å². The summed E-state index contributed by atoms with van der Waals surface area (Å²) in [6, 6.07) is 8.61. The van der Waals surface area contributed by atoms with Crippen LogP contribution in [0.4, 0.5) is 5.69 Å². The lowest BCUT2D eigenvalue weighted by Gasteiger charge is -2.24. The number of benzene rings is 1. The van der Waals surface area contributed by atoms with E-state index in [2.05, 4.69) is 0 Å². The van der Waals surface area contributed by atoms with E-state index in [0.29, 0.717) is 24.5 Å². The van der Waals surface area contributed by atoms with Gasteiger partial charge in [-0.3, -0.25) is 0 Å². The number of anilines is 1. The predicted octanol–water partition coefficient (Wildman–Crippen LogP) is 3.01. The fourth-order valence-electron chi connectivity index (χ4n) is 2.04. The Morgan fingerprint density at radius 2 is 2.20 bits per heavy atom. The average molecular weight is 275 g/mol. The summed E-state index contributed by atoms with van der Waals surface area (Å²) in [5.41, 5.74) is 0.870. The largest absolute Gasteiger partial charge is 0.497 e. The third-order valence-electron chi connectivity index (χ3n) is 3.08. The lowest BCUT2D eigenvalue weighted by atomic mass is 10.1. The van der Waals surface area contributed by atoms with Gasteiger partial charge in [-0.2, -0.15) is 0 Å². The van der Waals surface area contributed by atoms with E-state index >= 15 is 0 Å². The fourth-order valence-corrected chi connectivity index (χ4v) is 2.04. The third kappa shape index (κ3) is 2.93. The highest BCUT2D eigenvalue weighted by Crippen LogP contribution is 2.27. The van der Waals surface area contributed by atoms with Crippen LogP contribution in [0.2, 0.25) is 0 Å². The minimum absolute atomic E-state index is 0.249. The minimum atomic E-state index is -0.958. The van der Waals surface area contributed by atoms with E-state index in [-0.39, 0.29) is 5.56 Å². The highest BCUT2D eigenvalue weighted by Gasteiger charge is 2.17. The van der Waals surface area contributed by atoms with Crippen LogP contribution in [0, 0.1) is 0 Å². The summed E-state index contributed by atoms with van der Waals surface area (Å²) in [5.74, 6) is 0.453. The zero-order valence-corrected chi connectivity index (χ0v) is 11.5. The molecule has 0 amide bonds. The van der Waals surface area contributed by atoms with Gasteiger partial charge >= 0.3 is 5.97 Å². The first-order valence-corrected chi connectivity index (χ1v) is 6.34. The molecule has 1 heterocycles. The van der Waals surface area contributed by atoms with Gasteiger partial charge in [0.2, 0.25) is 0 Å². The van der Waals surface area contributed by atoms with Gasteiger partial charge in [0, 0.05) is 12.6 Å². The molecule has 0 aliphatic rings. The SMILES string of the molecule is CCN(Cc1ccco1)c1cc(OC)ccc1C(=O)O. The number of carbonyl (C=O) groups is 1. The molecule has 0 aliphatic heterocycles. The Balaban J connectivity index is 2.38. The average Bonchev–Trinajstić information content (AvgIpc) is 2.97. The van der Waals surface area contributed by atoms with E-state index in [9.17, 15) is 9.90 Å². The number of aromatic carboxylic acids is 1. The Morgan fingerprint density at radius 1 is 1.40 bits per heavy atom. The fraction of sp³-hybridized carbons (Fsp3) is 0.267. The summed E-state index contributed by atoms with van der Waals surface area (Å²) in [6.07, 6.45) is 1.60. The molecule has 1 N–H and O–H groups in total. The molecule has 0 saturated carbocycles. The van der Waals surface area contributed by atoms with E-state index in [4.69, 9.17) is 9.15 Å². The number of nitrogens with zero attached hydrogens (tertiary/aromatic N) is 1. The van der Waals surface area contributed by atoms with Crippen molar-refractivity contribution < 1.29 is 19.1 Å². The van der Waals surface area contributed by atoms with Crippen LogP contribution in [-0.2, 0) is 6.54 Å². The maximum Gasteiger partial charge on any atom is 0.337 e. The molecule has 2 rings (SSSR count). The Labute approximate surface area is 117 Å². The zero-order valence-electron chi connectivity index (χ0n) is 11.5. The Kier molecular flexibility index (Phi) is 4.30. The van der Waals surface area contributed by atoms with Crippen LogP contribution in [0.1, 0.15) is 23.0 Å². The van der Waals surface area contributed by atoms with E-state index in [1.54, 1.807) is 31.6 Å². The molecule has 0 saturated heterocycles. The molecule has 106 valence electrons. The highest BCUT2D eigenvalue weighted by atomic mass is 16.5. The summed E-state index contributed by atoms with van der Waals surface area (Å²) < 4.78 is 10.5. The molecule has 0 fully saturated rings. The van der Waals surface area contributed by atoms with Gasteiger partial charge in [0.15, 0.2) is 0 Å². The van der Waals surface area contributed by atoms with Crippen LogP contribution in [0.25, 0.3) is 0 Å². The molecule has 2 aromatic rings. The monoisotopic (exact) mass is 275 g/mol. The van der Waals surface area contributed by atoms with Crippen molar-refractivity contribution in [1.29, 1.82) is 0 Å². The summed E-state index contributed by atoms with van der Waals surface area (Å²) in [7, 11) is 1.56. The molecule has 0 aliphatic carbocycles. The van der Waals surface area contributed by atoms with E-state index in [1.807, 2.05) is 24.0 Å². The molecular formula is C15H17NO4. The van der Waals surface area contributed by atoms with Crippen molar-refractivity contribution in [2.75, 3.05) is 18.6 Å². The number of carboxylic acid groups (broad SMARTS) is 1. The van der Waals surface area contributed by atoms with E-state index in [0.717, 1.165) is 5.76 Å². The van der Waals surface area contributed by atoms with Crippen molar-refractivity contribution in [2.45, 2.75) is 13.5 Å².